The Morgan fingerprint density at radius 2 is 2.10 bits per heavy atom. The van der Waals surface area contributed by atoms with Gasteiger partial charge < -0.3 is 5.73 Å². The minimum atomic E-state index is -0.488. The predicted molar refractivity (Wildman–Crippen MR) is 70.1 cm³/mol. The molecule has 102 valence electrons. The van der Waals surface area contributed by atoms with Crippen molar-refractivity contribution in [3.63, 3.8) is 0 Å². The molecule has 0 saturated carbocycles. The number of H-pyrrole nitrogens is 1. The molecule has 0 spiro atoms. The van der Waals surface area contributed by atoms with Crippen LogP contribution in [-0.2, 0) is 6.54 Å². The molecule has 0 aliphatic heterocycles. The molecule has 0 bridgehead atoms. The van der Waals surface area contributed by atoms with Crippen LogP contribution in [0.25, 0.3) is 0 Å². The van der Waals surface area contributed by atoms with Crippen LogP contribution in [0.2, 0.25) is 0 Å². The van der Waals surface area contributed by atoms with Gasteiger partial charge in [0, 0.05) is 12.4 Å². The molecule has 3 aromatic rings. The topological polar surface area (TPSA) is 85.4 Å². The van der Waals surface area contributed by atoms with Crippen LogP contribution in [0.1, 0.15) is 23.3 Å². The zero-order valence-corrected chi connectivity index (χ0v) is 10.6. The van der Waals surface area contributed by atoms with Crippen LogP contribution in [0.5, 0.6) is 0 Å². The van der Waals surface area contributed by atoms with Crippen molar-refractivity contribution >= 4 is 0 Å². The Labute approximate surface area is 114 Å². The highest BCUT2D eigenvalue weighted by atomic mass is 19.1. The van der Waals surface area contributed by atoms with E-state index >= 15 is 0 Å². The predicted octanol–water partition coefficient (Wildman–Crippen LogP) is 1.24. The molecule has 6 nitrogen and oxygen atoms in total. The average molecular weight is 272 g/mol. The Morgan fingerprint density at radius 1 is 1.30 bits per heavy atom. The monoisotopic (exact) mass is 272 g/mol. The maximum absolute atomic E-state index is 12.9. The third-order valence-corrected chi connectivity index (χ3v) is 2.93. The zero-order chi connectivity index (χ0) is 13.9. The van der Waals surface area contributed by atoms with Crippen LogP contribution < -0.4 is 5.73 Å². The van der Waals surface area contributed by atoms with Crippen LogP contribution in [0, 0.1) is 5.82 Å². The molecule has 0 aliphatic carbocycles. The fourth-order valence-corrected chi connectivity index (χ4v) is 1.89. The number of rotatable bonds is 4. The zero-order valence-electron chi connectivity index (χ0n) is 10.6. The largest absolute Gasteiger partial charge is 0.318 e. The van der Waals surface area contributed by atoms with E-state index in [-0.39, 0.29) is 5.82 Å². The second kappa shape index (κ2) is 5.22. The number of hydrogen-bond donors (Lipinski definition) is 2. The Hall–Kier alpha value is -2.54. The van der Waals surface area contributed by atoms with E-state index in [4.69, 9.17) is 5.73 Å². The molecule has 1 atom stereocenters. The van der Waals surface area contributed by atoms with Crippen LogP contribution in [0.4, 0.5) is 4.39 Å². The molecule has 0 fully saturated rings. The lowest BCUT2D eigenvalue weighted by molar-refractivity contribution is 0.626. The summed E-state index contributed by atoms with van der Waals surface area (Å²) in [5.74, 6) is 0.843. The minimum absolute atomic E-state index is 0.296. The molecule has 0 amide bonds. The first-order valence-electron chi connectivity index (χ1n) is 6.12. The maximum Gasteiger partial charge on any atom is 0.171 e. The summed E-state index contributed by atoms with van der Waals surface area (Å²) in [5, 5.41) is 11.0. The van der Waals surface area contributed by atoms with Crippen molar-refractivity contribution in [2.75, 3.05) is 0 Å². The summed E-state index contributed by atoms with van der Waals surface area (Å²) in [4.78, 5) is 4.34. The van der Waals surface area contributed by atoms with Gasteiger partial charge in [0.1, 0.15) is 18.2 Å². The quantitative estimate of drug-likeness (QED) is 0.748. The Balaban J connectivity index is 1.77. The summed E-state index contributed by atoms with van der Waals surface area (Å²) < 4.78 is 14.6. The van der Waals surface area contributed by atoms with Gasteiger partial charge in [-0.25, -0.2) is 9.37 Å². The average Bonchev–Trinajstić information content (AvgIpc) is 3.11. The summed E-state index contributed by atoms with van der Waals surface area (Å²) in [5.41, 5.74) is 6.82. The Kier molecular flexibility index (Phi) is 3.26. The van der Waals surface area contributed by atoms with Gasteiger partial charge in [0.15, 0.2) is 5.82 Å². The minimum Gasteiger partial charge on any atom is -0.318 e. The first-order chi connectivity index (χ1) is 9.72. The van der Waals surface area contributed by atoms with E-state index in [9.17, 15) is 4.39 Å². The molecule has 7 heteroatoms. The number of nitrogens with two attached hydrogens (primary N) is 1. The highest BCUT2D eigenvalue weighted by Crippen LogP contribution is 2.16. The number of aromatic nitrogens is 5. The van der Waals surface area contributed by atoms with E-state index in [2.05, 4.69) is 20.3 Å². The van der Waals surface area contributed by atoms with Crippen molar-refractivity contribution in [2.45, 2.75) is 12.6 Å². The first kappa shape index (κ1) is 12.5. The van der Waals surface area contributed by atoms with Gasteiger partial charge in [0.2, 0.25) is 0 Å². The normalized spacial score (nSPS) is 12.5. The molecule has 3 rings (SSSR count). The second-order valence-corrected chi connectivity index (χ2v) is 4.37. The molecule has 1 unspecified atom stereocenters. The van der Waals surface area contributed by atoms with Gasteiger partial charge in [-0.15, -0.1) is 0 Å². The van der Waals surface area contributed by atoms with Crippen LogP contribution >= 0.6 is 0 Å². The maximum atomic E-state index is 12.9. The summed E-state index contributed by atoms with van der Waals surface area (Å²) in [6.07, 6.45) is 3.53. The van der Waals surface area contributed by atoms with Crippen molar-refractivity contribution < 1.29 is 4.39 Å². The second-order valence-electron chi connectivity index (χ2n) is 4.37. The van der Waals surface area contributed by atoms with E-state index in [1.807, 2.05) is 12.3 Å². The van der Waals surface area contributed by atoms with Gasteiger partial charge >= 0.3 is 0 Å². The number of aromatic amines is 1. The van der Waals surface area contributed by atoms with Gasteiger partial charge in [-0.3, -0.25) is 9.78 Å². The number of hydrogen-bond acceptors (Lipinski definition) is 4. The number of halogens is 1. The Morgan fingerprint density at radius 3 is 2.80 bits per heavy atom. The van der Waals surface area contributed by atoms with Gasteiger partial charge in [0.05, 0.1) is 6.04 Å². The fraction of sp³-hybridized carbons (Fsp3) is 0.154. The highest BCUT2D eigenvalue weighted by molar-refractivity contribution is 5.24. The fourth-order valence-electron chi connectivity index (χ4n) is 1.89. The number of benzene rings is 1. The van der Waals surface area contributed by atoms with Crippen molar-refractivity contribution in [1.29, 1.82) is 0 Å². The Bertz CT molecular complexity index is 673. The van der Waals surface area contributed by atoms with Gasteiger partial charge in [-0.05, 0) is 23.8 Å². The number of nitrogens with zero attached hydrogens (tertiary/aromatic N) is 4. The summed E-state index contributed by atoms with van der Waals surface area (Å²) in [6, 6.07) is 7.34. The lowest BCUT2D eigenvalue weighted by Gasteiger charge is -2.07. The first-order valence-corrected chi connectivity index (χ1v) is 6.12. The third-order valence-electron chi connectivity index (χ3n) is 2.93. The van der Waals surface area contributed by atoms with Gasteiger partial charge in [-0.1, -0.05) is 12.1 Å². The summed E-state index contributed by atoms with van der Waals surface area (Å²) in [7, 11) is 0. The summed E-state index contributed by atoms with van der Waals surface area (Å²) >= 11 is 0. The van der Waals surface area contributed by atoms with Crippen molar-refractivity contribution in [2.24, 2.45) is 5.73 Å². The SMILES string of the molecule is NC(c1ccc(F)cc1)c1n[nH]c(Cn2cccn2)n1. The van der Waals surface area contributed by atoms with Crippen LogP contribution in [0.3, 0.4) is 0 Å². The highest BCUT2D eigenvalue weighted by Gasteiger charge is 2.14. The van der Waals surface area contributed by atoms with E-state index in [0.29, 0.717) is 18.2 Å². The van der Waals surface area contributed by atoms with Gasteiger partial charge in [-0.2, -0.15) is 10.2 Å². The smallest absolute Gasteiger partial charge is 0.171 e. The van der Waals surface area contributed by atoms with Crippen molar-refractivity contribution in [1.82, 2.24) is 25.0 Å². The molecular weight excluding hydrogens is 259 g/mol. The standard InChI is InChI=1S/C13H13FN6/c14-10-4-2-9(3-5-10)12(15)13-17-11(18-19-13)8-20-7-1-6-16-20/h1-7,12H,8,15H2,(H,17,18,19). The van der Waals surface area contributed by atoms with Crippen LogP contribution in [-0.4, -0.2) is 25.0 Å². The molecule has 1 aromatic carbocycles. The van der Waals surface area contributed by atoms with Crippen molar-refractivity contribution in [3.05, 3.63) is 65.8 Å². The van der Waals surface area contributed by atoms with Gasteiger partial charge in [0.25, 0.3) is 0 Å². The number of nitrogens with one attached hydrogen (secondary N) is 1. The molecule has 3 N–H and O–H groups in total. The molecule has 0 saturated heterocycles. The summed E-state index contributed by atoms with van der Waals surface area (Å²) in [6.45, 7) is 0.496. The van der Waals surface area contributed by atoms with Crippen LogP contribution in [0.15, 0.2) is 42.7 Å². The molecular formula is C13H13FN6. The van der Waals surface area contributed by atoms with E-state index in [1.165, 1.54) is 12.1 Å². The molecule has 20 heavy (non-hydrogen) atoms. The van der Waals surface area contributed by atoms with Crippen molar-refractivity contribution in [3.8, 4) is 0 Å². The molecule has 0 radical (unpaired) electrons. The lowest BCUT2D eigenvalue weighted by Crippen LogP contribution is -2.13. The molecule has 2 aromatic heterocycles. The third kappa shape index (κ3) is 2.57. The van der Waals surface area contributed by atoms with E-state index in [1.54, 1.807) is 23.0 Å². The van der Waals surface area contributed by atoms with E-state index < -0.39 is 6.04 Å². The lowest BCUT2D eigenvalue weighted by atomic mass is 10.1. The van der Waals surface area contributed by atoms with E-state index in [0.717, 1.165) is 5.56 Å². The molecule has 2 heterocycles. The molecule has 0 aliphatic rings.